The number of nitrogens with one attached hydrogen (secondary N) is 1. The molecule has 0 bridgehead atoms. The van der Waals surface area contributed by atoms with Crippen LogP contribution in [0.2, 0.25) is 5.02 Å². The highest BCUT2D eigenvalue weighted by Crippen LogP contribution is 2.26. The molecule has 0 unspecified atom stereocenters. The molecule has 1 N–H and O–H groups in total. The van der Waals surface area contributed by atoms with E-state index < -0.39 is 0 Å². The van der Waals surface area contributed by atoms with Crippen LogP contribution in [0.5, 0.6) is 0 Å². The van der Waals surface area contributed by atoms with Gasteiger partial charge in [-0.1, -0.05) is 23.4 Å². The zero-order valence-electron chi connectivity index (χ0n) is 13.1. The van der Waals surface area contributed by atoms with Gasteiger partial charge in [-0.15, -0.1) is 0 Å². The number of imidazole rings is 1. The Bertz CT molecular complexity index is 779. The van der Waals surface area contributed by atoms with E-state index in [4.69, 9.17) is 16.3 Å². The van der Waals surface area contributed by atoms with Crippen LogP contribution in [0.1, 0.15) is 0 Å². The molecule has 1 aliphatic rings. The molecule has 0 aliphatic carbocycles. The summed E-state index contributed by atoms with van der Waals surface area (Å²) in [5, 5.41) is 3.94. The lowest BCUT2D eigenvalue weighted by Gasteiger charge is -2.12. The van der Waals surface area contributed by atoms with Gasteiger partial charge in [-0.2, -0.15) is 0 Å². The minimum atomic E-state index is -0.333. The topological polar surface area (TPSA) is 76.5 Å². The third-order valence-electron chi connectivity index (χ3n) is 3.68. The van der Waals surface area contributed by atoms with Gasteiger partial charge in [-0.25, -0.2) is 9.78 Å². The van der Waals surface area contributed by atoms with Crippen molar-refractivity contribution < 1.29 is 14.3 Å². The third kappa shape index (κ3) is 3.50. The lowest BCUT2D eigenvalue weighted by molar-refractivity contribution is -0.124. The summed E-state index contributed by atoms with van der Waals surface area (Å²) in [5.74, 6) is -0.0735. The Morgan fingerprint density at radius 2 is 2.33 bits per heavy atom. The summed E-state index contributed by atoms with van der Waals surface area (Å²) >= 11 is 7.34. The van der Waals surface area contributed by atoms with Crippen LogP contribution in [-0.2, 0) is 16.1 Å². The summed E-state index contributed by atoms with van der Waals surface area (Å²) in [6.45, 7) is 2.06. The Balaban J connectivity index is 1.79. The van der Waals surface area contributed by atoms with E-state index in [1.807, 2.05) is 16.7 Å². The largest absolute Gasteiger partial charge is 0.383 e. The molecule has 2 aromatic rings. The number of benzene rings is 1. The molecule has 1 aromatic heterocycles. The standard InChI is InChI=1S/C15H17ClN4O3S/c1-23-7-6-19-12-3-2-10(16)8-11(12)18-15(19)24-9-13(21)20-5-4-17-14(20)22/h2-3,8H,4-7,9H2,1H3,(H,17,22). The van der Waals surface area contributed by atoms with Gasteiger partial charge in [0.05, 0.1) is 23.4 Å². The van der Waals surface area contributed by atoms with Crippen molar-refractivity contribution in [3.05, 3.63) is 23.2 Å². The monoisotopic (exact) mass is 368 g/mol. The van der Waals surface area contributed by atoms with E-state index >= 15 is 0 Å². The number of thioether (sulfide) groups is 1. The average molecular weight is 369 g/mol. The van der Waals surface area contributed by atoms with Gasteiger partial charge in [0.15, 0.2) is 5.16 Å². The smallest absolute Gasteiger partial charge is 0.324 e. The van der Waals surface area contributed by atoms with Crippen LogP contribution in [0.15, 0.2) is 23.4 Å². The lowest BCUT2D eigenvalue weighted by Crippen LogP contribution is -2.35. The molecular weight excluding hydrogens is 352 g/mol. The zero-order chi connectivity index (χ0) is 17.1. The maximum Gasteiger partial charge on any atom is 0.324 e. The van der Waals surface area contributed by atoms with Crippen molar-refractivity contribution in [2.75, 3.05) is 32.6 Å². The Kier molecular flexibility index (Phi) is 5.27. The first-order valence-corrected chi connectivity index (χ1v) is 8.82. The van der Waals surface area contributed by atoms with Crippen molar-refractivity contribution in [1.82, 2.24) is 19.8 Å². The van der Waals surface area contributed by atoms with Gasteiger partial charge in [-0.05, 0) is 18.2 Å². The van der Waals surface area contributed by atoms with Gasteiger partial charge in [0.1, 0.15) is 0 Å². The van der Waals surface area contributed by atoms with Crippen LogP contribution in [0.25, 0.3) is 11.0 Å². The molecule has 1 aliphatic heterocycles. The summed E-state index contributed by atoms with van der Waals surface area (Å²) in [4.78, 5) is 29.5. The molecule has 0 radical (unpaired) electrons. The first kappa shape index (κ1) is 17.1. The second kappa shape index (κ2) is 7.42. The number of amides is 3. The molecule has 3 rings (SSSR count). The van der Waals surface area contributed by atoms with Crippen molar-refractivity contribution in [2.45, 2.75) is 11.7 Å². The number of fused-ring (bicyclic) bond motifs is 1. The Morgan fingerprint density at radius 3 is 3.04 bits per heavy atom. The van der Waals surface area contributed by atoms with Crippen molar-refractivity contribution >= 4 is 46.3 Å². The number of halogens is 1. The summed E-state index contributed by atoms with van der Waals surface area (Å²) in [5.41, 5.74) is 1.71. The second-order valence-electron chi connectivity index (χ2n) is 5.24. The van der Waals surface area contributed by atoms with E-state index in [1.54, 1.807) is 13.2 Å². The first-order chi connectivity index (χ1) is 11.6. The average Bonchev–Trinajstić information content (AvgIpc) is 3.13. The van der Waals surface area contributed by atoms with Crippen LogP contribution in [0.3, 0.4) is 0 Å². The number of methoxy groups -OCH3 is 1. The number of carbonyl (C=O) groups excluding carboxylic acids is 2. The minimum Gasteiger partial charge on any atom is -0.383 e. The molecule has 7 nitrogen and oxygen atoms in total. The molecule has 1 fully saturated rings. The van der Waals surface area contributed by atoms with Gasteiger partial charge >= 0.3 is 6.03 Å². The van der Waals surface area contributed by atoms with Crippen LogP contribution in [0, 0.1) is 0 Å². The molecule has 0 spiro atoms. The number of ether oxygens (including phenoxy) is 1. The second-order valence-corrected chi connectivity index (χ2v) is 6.62. The highest BCUT2D eigenvalue weighted by atomic mass is 35.5. The normalized spacial score (nSPS) is 14.4. The summed E-state index contributed by atoms with van der Waals surface area (Å²) < 4.78 is 7.15. The number of hydrogen-bond donors (Lipinski definition) is 1. The third-order valence-corrected chi connectivity index (χ3v) is 4.87. The number of carbonyl (C=O) groups is 2. The number of imide groups is 1. The van der Waals surface area contributed by atoms with Gasteiger partial charge in [0, 0.05) is 31.8 Å². The van der Waals surface area contributed by atoms with Gasteiger partial charge in [0.25, 0.3) is 0 Å². The highest BCUT2D eigenvalue weighted by molar-refractivity contribution is 7.99. The van der Waals surface area contributed by atoms with Gasteiger partial charge < -0.3 is 14.6 Å². The van der Waals surface area contributed by atoms with Crippen molar-refractivity contribution in [2.24, 2.45) is 0 Å². The fraction of sp³-hybridized carbons (Fsp3) is 0.400. The predicted octanol–water partition coefficient (Wildman–Crippen LogP) is 1.98. The molecule has 0 saturated carbocycles. The molecule has 9 heteroatoms. The van der Waals surface area contributed by atoms with Crippen molar-refractivity contribution in [3.8, 4) is 0 Å². The molecule has 0 atom stereocenters. The first-order valence-electron chi connectivity index (χ1n) is 7.46. The van der Waals surface area contributed by atoms with Crippen molar-refractivity contribution in [1.29, 1.82) is 0 Å². The van der Waals surface area contributed by atoms with Crippen LogP contribution < -0.4 is 5.32 Å². The zero-order valence-corrected chi connectivity index (χ0v) is 14.7. The Labute approximate surface area is 148 Å². The minimum absolute atomic E-state index is 0.150. The van der Waals surface area contributed by atoms with Gasteiger partial charge in [0.2, 0.25) is 5.91 Å². The van der Waals surface area contributed by atoms with E-state index in [-0.39, 0.29) is 17.7 Å². The highest BCUT2D eigenvalue weighted by Gasteiger charge is 2.26. The van der Waals surface area contributed by atoms with E-state index in [9.17, 15) is 9.59 Å². The summed E-state index contributed by atoms with van der Waals surface area (Å²) in [6.07, 6.45) is 0. The quantitative estimate of drug-likeness (QED) is 0.789. The van der Waals surface area contributed by atoms with Crippen LogP contribution in [-0.4, -0.2) is 58.9 Å². The van der Waals surface area contributed by atoms with Crippen LogP contribution in [0.4, 0.5) is 4.79 Å². The Morgan fingerprint density at radius 1 is 1.50 bits per heavy atom. The summed E-state index contributed by atoms with van der Waals surface area (Å²) in [6, 6.07) is 5.17. The number of nitrogens with zero attached hydrogens (tertiary/aromatic N) is 3. The number of aromatic nitrogens is 2. The summed E-state index contributed by atoms with van der Waals surface area (Å²) in [7, 11) is 1.64. The van der Waals surface area contributed by atoms with Gasteiger partial charge in [-0.3, -0.25) is 9.69 Å². The number of urea groups is 1. The van der Waals surface area contributed by atoms with E-state index in [2.05, 4.69) is 10.3 Å². The number of rotatable bonds is 6. The fourth-order valence-corrected chi connectivity index (χ4v) is 3.59. The molecule has 1 aromatic carbocycles. The maximum atomic E-state index is 12.2. The van der Waals surface area contributed by atoms with E-state index in [0.29, 0.717) is 36.4 Å². The molecule has 24 heavy (non-hydrogen) atoms. The Hall–Kier alpha value is -1.77. The lowest BCUT2D eigenvalue weighted by atomic mass is 10.3. The fourth-order valence-electron chi connectivity index (χ4n) is 2.50. The molecule has 3 amide bonds. The maximum absolute atomic E-state index is 12.2. The SMILES string of the molecule is COCCn1c(SCC(=O)N2CCNC2=O)nc2cc(Cl)ccc21. The number of hydrogen-bond acceptors (Lipinski definition) is 5. The van der Waals surface area contributed by atoms with Crippen LogP contribution >= 0.6 is 23.4 Å². The molecule has 2 heterocycles. The molecule has 128 valence electrons. The van der Waals surface area contributed by atoms with E-state index in [1.165, 1.54) is 16.7 Å². The molecular formula is C15H17ClN4O3S. The van der Waals surface area contributed by atoms with Crippen molar-refractivity contribution in [3.63, 3.8) is 0 Å². The molecule has 1 saturated heterocycles. The predicted molar refractivity (Wildman–Crippen MR) is 92.5 cm³/mol. The van der Waals surface area contributed by atoms with E-state index in [0.717, 1.165) is 11.0 Å².